The maximum Gasteiger partial charge on any atom is 0.227 e. The molecule has 2 heterocycles. The van der Waals surface area contributed by atoms with Gasteiger partial charge in [0.2, 0.25) is 11.8 Å². The molecule has 6 nitrogen and oxygen atoms in total. The molecule has 30 heavy (non-hydrogen) atoms. The van der Waals surface area contributed by atoms with Gasteiger partial charge in [0.15, 0.2) is 0 Å². The number of nitrogens with zero attached hydrogens (tertiary/aromatic N) is 4. The Morgan fingerprint density at radius 2 is 1.87 bits per heavy atom. The van der Waals surface area contributed by atoms with Crippen LogP contribution in [0.2, 0.25) is 5.02 Å². The molecule has 7 heteroatoms. The highest BCUT2D eigenvalue weighted by Gasteiger charge is 2.28. The Morgan fingerprint density at radius 1 is 1.10 bits per heavy atom. The van der Waals surface area contributed by atoms with Crippen molar-refractivity contribution in [3.05, 3.63) is 77.6 Å². The molecule has 4 rings (SSSR count). The molecule has 0 bridgehead atoms. The first-order valence-electron chi connectivity index (χ1n) is 9.92. The Balaban J connectivity index is 1.39. The number of amides is 1. The van der Waals surface area contributed by atoms with Crippen LogP contribution in [0.1, 0.15) is 12.5 Å². The van der Waals surface area contributed by atoms with Gasteiger partial charge in [0.1, 0.15) is 17.9 Å². The minimum atomic E-state index is 0.0885. The average Bonchev–Trinajstić information content (AvgIpc) is 2.76. The monoisotopic (exact) mass is 422 g/mol. The molecule has 0 aliphatic carbocycles. The molecule has 1 atom stereocenters. The van der Waals surface area contributed by atoms with Crippen molar-refractivity contribution >= 4 is 23.3 Å². The van der Waals surface area contributed by atoms with Gasteiger partial charge in [-0.25, -0.2) is 9.97 Å². The second kappa shape index (κ2) is 9.13. The summed E-state index contributed by atoms with van der Waals surface area (Å²) in [7, 11) is 0. The Bertz CT molecular complexity index is 998. The highest BCUT2D eigenvalue weighted by molar-refractivity contribution is 6.30. The van der Waals surface area contributed by atoms with E-state index in [1.807, 2.05) is 41.3 Å². The van der Waals surface area contributed by atoms with Crippen molar-refractivity contribution < 1.29 is 9.53 Å². The number of halogens is 1. The largest absolute Gasteiger partial charge is 0.439 e. The SMILES string of the molecule is C[C@@H]1CN(c2cc(Oc3ccc(Cl)cc3)ncn2)CCN1C(=O)Cc1ccccc1. The number of ether oxygens (including phenoxy) is 1. The highest BCUT2D eigenvalue weighted by atomic mass is 35.5. The van der Waals surface area contributed by atoms with Crippen molar-refractivity contribution in [2.75, 3.05) is 24.5 Å². The number of anilines is 1. The van der Waals surface area contributed by atoms with E-state index in [2.05, 4.69) is 21.8 Å². The molecule has 0 unspecified atom stereocenters. The van der Waals surface area contributed by atoms with E-state index < -0.39 is 0 Å². The maximum absolute atomic E-state index is 12.8. The number of hydrogen-bond acceptors (Lipinski definition) is 5. The Labute approximate surface area is 181 Å². The summed E-state index contributed by atoms with van der Waals surface area (Å²) in [6, 6.07) is 18.9. The second-order valence-corrected chi connectivity index (χ2v) is 7.75. The van der Waals surface area contributed by atoms with E-state index in [-0.39, 0.29) is 11.9 Å². The molecule has 0 N–H and O–H groups in total. The van der Waals surface area contributed by atoms with E-state index in [9.17, 15) is 4.79 Å². The van der Waals surface area contributed by atoms with Crippen molar-refractivity contribution in [3.8, 4) is 11.6 Å². The smallest absolute Gasteiger partial charge is 0.227 e. The molecule has 1 saturated heterocycles. The van der Waals surface area contributed by atoms with Crippen LogP contribution in [0.5, 0.6) is 11.6 Å². The molecule has 1 aliphatic heterocycles. The van der Waals surface area contributed by atoms with Crippen molar-refractivity contribution in [2.24, 2.45) is 0 Å². The number of carbonyl (C=O) groups excluding carboxylic acids is 1. The topological polar surface area (TPSA) is 58.6 Å². The number of benzene rings is 2. The summed E-state index contributed by atoms with van der Waals surface area (Å²) >= 11 is 5.92. The molecule has 3 aromatic rings. The van der Waals surface area contributed by atoms with Crippen LogP contribution in [0.15, 0.2) is 67.0 Å². The molecule has 1 fully saturated rings. The number of piperazine rings is 1. The molecule has 0 saturated carbocycles. The fraction of sp³-hybridized carbons (Fsp3) is 0.261. The lowest BCUT2D eigenvalue weighted by molar-refractivity contribution is -0.132. The summed E-state index contributed by atoms with van der Waals surface area (Å²) in [5.74, 6) is 2.07. The van der Waals surface area contributed by atoms with Crippen LogP contribution >= 0.6 is 11.6 Å². The van der Waals surface area contributed by atoms with E-state index in [1.54, 1.807) is 24.3 Å². The van der Waals surface area contributed by atoms with Gasteiger partial charge in [-0.2, -0.15) is 0 Å². The standard InChI is InChI=1S/C23H23ClN4O2/c1-17-15-27(11-12-28(17)23(29)13-18-5-3-2-4-6-18)21-14-22(26-16-25-21)30-20-9-7-19(24)8-10-20/h2-10,14,16-17H,11-13,15H2,1H3/t17-/m1/s1. The molecule has 1 amide bonds. The first-order chi connectivity index (χ1) is 14.6. The van der Waals surface area contributed by atoms with E-state index >= 15 is 0 Å². The summed E-state index contributed by atoms with van der Waals surface area (Å²) in [5, 5.41) is 0.652. The fourth-order valence-electron chi connectivity index (χ4n) is 3.59. The van der Waals surface area contributed by atoms with E-state index in [0.717, 1.165) is 11.4 Å². The molecule has 1 aliphatic rings. The zero-order chi connectivity index (χ0) is 20.9. The summed E-state index contributed by atoms with van der Waals surface area (Å²) in [6.07, 6.45) is 1.93. The summed E-state index contributed by atoms with van der Waals surface area (Å²) in [6.45, 7) is 4.14. The van der Waals surface area contributed by atoms with Gasteiger partial charge in [0.05, 0.1) is 6.42 Å². The van der Waals surface area contributed by atoms with Gasteiger partial charge >= 0.3 is 0 Å². The lowest BCUT2D eigenvalue weighted by Crippen LogP contribution is -2.54. The van der Waals surface area contributed by atoms with Crippen molar-refractivity contribution in [1.29, 1.82) is 0 Å². The van der Waals surface area contributed by atoms with Gasteiger partial charge in [0.25, 0.3) is 0 Å². The molecular weight excluding hydrogens is 400 g/mol. The van der Waals surface area contributed by atoms with Gasteiger partial charge in [-0.3, -0.25) is 4.79 Å². The van der Waals surface area contributed by atoms with Gasteiger partial charge in [-0.05, 0) is 36.8 Å². The van der Waals surface area contributed by atoms with Crippen molar-refractivity contribution in [1.82, 2.24) is 14.9 Å². The number of carbonyl (C=O) groups is 1. The van der Waals surface area contributed by atoms with Gasteiger partial charge < -0.3 is 14.5 Å². The zero-order valence-corrected chi connectivity index (χ0v) is 17.5. The summed E-state index contributed by atoms with van der Waals surface area (Å²) in [5.41, 5.74) is 1.04. The summed E-state index contributed by atoms with van der Waals surface area (Å²) < 4.78 is 5.82. The normalized spacial score (nSPS) is 16.4. The van der Waals surface area contributed by atoms with Crippen LogP contribution in [0.4, 0.5) is 5.82 Å². The van der Waals surface area contributed by atoms with E-state index in [0.29, 0.717) is 42.7 Å². The zero-order valence-electron chi connectivity index (χ0n) is 16.7. The van der Waals surface area contributed by atoms with Crippen LogP contribution < -0.4 is 9.64 Å². The van der Waals surface area contributed by atoms with Crippen LogP contribution in [0, 0.1) is 0 Å². The third-order valence-corrected chi connectivity index (χ3v) is 5.39. The number of hydrogen-bond donors (Lipinski definition) is 0. The average molecular weight is 423 g/mol. The third-order valence-electron chi connectivity index (χ3n) is 5.13. The Hall–Kier alpha value is -3.12. The van der Waals surface area contributed by atoms with E-state index in [4.69, 9.17) is 16.3 Å². The first kappa shape index (κ1) is 20.2. The summed E-state index contributed by atoms with van der Waals surface area (Å²) in [4.78, 5) is 25.5. The number of aromatic nitrogens is 2. The molecule has 2 aromatic carbocycles. The molecule has 154 valence electrons. The predicted molar refractivity (Wildman–Crippen MR) is 117 cm³/mol. The molecule has 0 radical (unpaired) electrons. The van der Waals surface area contributed by atoms with Crippen LogP contribution in [0.25, 0.3) is 0 Å². The molecule has 1 aromatic heterocycles. The molecule has 0 spiro atoms. The lowest BCUT2D eigenvalue weighted by Gasteiger charge is -2.40. The maximum atomic E-state index is 12.8. The van der Waals surface area contributed by atoms with Crippen LogP contribution in [-0.2, 0) is 11.2 Å². The van der Waals surface area contributed by atoms with Crippen molar-refractivity contribution in [2.45, 2.75) is 19.4 Å². The molecular formula is C23H23ClN4O2. The second-order valence-electron chi connectivity index (χ2n) is 7.31. The highest BCUT2D eigenvalue weighted by Crippen LogP contribution is 2.25. The third kappa shape index (κ3) is 4.89. The van der Waals surface area contributed by atoms with Crippen LogP contribution in [-0.4, -0.2) is 46.5 Å². The van der Waals surface area contributed by atoms with Gasteiger partial charge in [0, 0.05) is 36.8 Å². The lowest BCUT2D eigenvalue weighted by atomic mass is 10.1. The fourth-order valence-corrected chi connectivity index (χ4v) is 3.72. The van der Waals surface area contributed by atoms with Gasteiger partial charge in [-0.15, -0.1) is 0 Å². The Morgan fingerprint density at radius 3 is 2.60 bits per heavy atom. The minimum Gasteiger partial charge on any atom is -0.439 e. The predicted octanol–water partition coefficient (Wildman–Crippen LogP) is 4.20. The van der Waals surface area contributed by atoms with Gasteiger partial charge in [-0.1, -0.05) is 41.9 Å². The van der Waals surface area contributed by atoms with E-state index in [1.165, 1.54) is 6.33 Å². The number of rotatable bonds is 5. The minimum absolute atomic E-state index is 0.0885. The van der Waals surface area contributed by atoms with Crippen molar-refractivity contribution in [3.63, 3.8) is 0 Å². The van der Waals surface area contributed by atoms with Crippen LogP contribution in [0.3, 0.4) is 0 Å². The Kier molecular flexibility index (Phi) is 6.14. The first-order valence-corrected chi connectivity index (χ1v) is 10.3. The quantitative estimate of drug-likeness (QED) is 0.616.